The Balaban J connectivity index is 2.25. The van der Waals surface area contributed by atoms with E-state index in [1.54, 1.807) is 0 Å². The number of rotatable bonds is 4. The van der Waals surface area contributed by atoms with Crippen LogP contribution in [-0.4, -0.2) is 12.3 Å². The van der Waals surface area contributed by atoms with Crippen LogP contribution < -0.4 is 5.73 Å². The summed E-state index contributed by atoms with van der Waals surface area (Å²) in [6.07, 6.45) is 6.20. The monoisotopic (exact) mass is 262 g/mol. The quantitative estimate of drug-likeness (QED) is 0.739. The summed E-state index contributed by atoms with van der Waals surface area (Å²) < 4.78 is 0. The van der Waals surface area contributed by atoms with Crippen molar-refractivity contribution >= 4 is 5.71 Å². The average Bonchev–Trinajstić information content (AvgIpc) is 2.33. The van der Waals surface area contributed by atoms with E-state index in [0.29, 0.717) is 11.6 Å². The summed E-state index contributed by atoms with van der Waals surface area (Å²) in [5, 5.41) is 8.23. The first-order valence-electron chi connectivity index (χ1n) is 7.82. The van der Waals surface area contributed by atoms with Gasteiger partial charge in [-0.2, -0.15) is 0 Å². The van der Waals surface area contributed by atoms with E-state index in [0.717, 1.165) is 36.3 Å². The van der Waals surface area contributed by atoms with Crippen molar-refractivity contribution in [1.29, 1.82) is 5.41 Å². The summed E-state index contributed by atoms with van der Waals surface area (Å²) in [6, 6.07) is 0. The Morgan fingerprint density at radius 2 is 1.95 bits per heavy atom. The van der Waals surface area contributed by atoms with Gasteiger partial charge in [-0.25, -0.2) is 0 Å². The zero-order valence-electron chi connectivity index (χ0n) is 12.8. The van der Waals surface area contributed by atoms with Crippen LogP contribution in [0, 0.1) is 34.5 Å². The lowest BCUT2D eigenvalue weighted by Gasteiger charge is -2.54. The molecule has 3 N–H and O–H groups in total. The number of nitrogens with two attached hydrogens (primary N) is 1. The SMILES string of the molecule is C=C(C)C(=N)CC1(CN)C(C)CC2CC(C)CC1C2. The first kappa shape index (κ1) is 14.8. The van der Waals surface area contributed by atoms with Gasteiger partial charge in [0.2, 0.25) is 0 Å². The summed E-state index contributed by atoms with van der Waals surface area (Å²) in [7, 11) is 0. The van der Waals surface area contributed by atoms with E-state index in [-0.39, 0.29) is 5.41 Å². The Bertz CT molecular complexity index is 369. The molecule has 0 spiro atoms. The maximum absolute atomic E-state index is 8.23. The number of fused-ring (bicyclic) bond motifs is 2. The van der Waals surface area contributed by atoms with Crippen LogP contribution in [0.15, 0.2) is 12.2 Å². The predicted molar refractivity (Wildman–Crippen MR) is 82.4 cm³/mol. The number of hydrogen-bond acceptors (Lipinski definition) is 2. The second-order valence-corrected chi connectivity index (χ2v) is 7.38. The van der Waals surface area contributed by atoms with E-state index in [1.165, 1.54) is 25.7 Å². The molecule has 0 aromatic carbocycles. The molecule has 2 aliphatic carbocycles. The van der Waals surface area contributed by atoms with Gasteiger partial charge in [0.25, 0.3) is 0 Å². The fourth-order valence-electron chi connectivity index (χ4n) is 4.78. The smallest absolute Gasteiger partial charge is 0.0343 e. The van der Waals surface area contributed by atoms with Gasteiger partial charge < -0.3 is 11.1 Å². The minimum absolute atomic E-state index is 0.154. The third-order valence-electron chi connectivity index (χ3n) is 5.92. The molecule has 19 heavy (non-hydrogen) atoms. The molecule has 0 aromatic rings. The zero-order chi connectivity index (χ0) is 14.2. The van der Waals surface area contributed by atoms with Crippen molar-refractivity contribution in [3.63, 3.8) is 0 Å². The van der Waals surface area contributed by atoms with Crippen molar-refractivity contribution in [1.82, 2.24) is 0 Å². The molecule has 0 aromatic heterocycles. The molecule has 0 heterocycles. The first-order chi connectivity index (χ1) is 8.89. The van der Waals surface area contributed by atoms with Gasteiger partial charge in [0.05, 0.1) is 0 Å². The standard InChI is InChI=1S/C17H30N2/c1-11(2)16(19)9-17(10-18)13(4)7-14-5-12(3)6-15(17)8-14/h12-15,19H,1,5-10,18H2,2-4H3. The van der Waals surface area contributed by atoms with Crippen LogP contribution in [0.1, 0.15) is 52.9 Å². The van der Waals surface area contributed by atoms with Crippen molar-refractivity contribution in [3.8, 4) is 0 Å². The number of nitrogens with one attached hydrogen (secondary N) is 1. The fraction of sp³-hybridized carbons (Fsp3) is 0.824. The molecule has 2 aliphatic rings. The van der Waals surface area contributed by atoms with Gasteiger partial charge in [-0.05, 0) is 80.2 Å². The lowest BCUT2D eigenvalue weighted by Crippen LogP contribution is -2.51. The molecule has 0 radical (unpaired) electrons. The molecule has 2 heteroatoms. The molecule has 2 saturated carbocycles. The molecule has 108 valence electrons. The van der Waals surface area contributed by atoms with E-state index in [9.17, 15) is 0 Å². The summed E-state index contributed by atoms with van der Waals surface area (Å²) in [6.45, 7) is 11.4. The normalized spacial score (nSPS) is 41.9. The summed E-state index contributed by atoms with van der Waals surface area (Å²) in [5.41, 5.74) is 8.01. The molecular formula is C17H30N2. The predicted octanol–water partition coefficient (Wildman–Crippen LogP) is 4.01. The highest BCUT2D eigenvalue weighted by atomic mass is 14.7. The average molecular weight is 262 g/mol. The largest absolute Gasteiger partial charge is 0.330 e. The van der Waals surface area contributed by atoms with E-state index < -0.39 is 0 Å². The molecule has 0 aliphatic heterocycles. The van der Waals surface area contributed by atoms with E-state index in [4.69, 9.17) is 11.1 Å². The van der Waals surface area contributed by atoms with Gasteiger partial charge in [0.15, 0.2) is 0 Å². The van der Waals surface area contributed by atoms with Gasteiger partial charge in [-0.15, -0.1) is 0 Å². The molecule has 0 saturated heterocycles. The topological polar surface area (TPSA) is 49.9 Å². The van der Waals surface area contributed by atoms with Crippen molar-refractivity contribution in [2.45, 2.75) is 52.9 Å². The Kier molecular flexibility index (Phi) is 4.20. The van der Waals surface area contributed by atoms with Crippen LogP contribution in [0.4, 0.5) is 0 Å². The summed E-state index contributed by atoms with van der Waals surface area (Å²) in [4.78, 5) is 0. The van der Waals surface area contributed by atoms with Crippen LogP contribution in [0.25, 0.3) is 0 Å². The molecule has 5 atom stereocenters. The Labute approximate surface area is 118 Å². The van der Waals surface area contributed by atoms with E-state index >= 15 is 0 Å². The van der Waals surface area contributed by atoms with Crippen LogP contribution in [0.5, 0.6) is 0 Å². The van der Waals surface area contributed by atoms with Crippen LogP contribution in [-0.2, 0) is 0 Å². The van der Waals surface area contributed by atoms with E-state index in [2.05, 4.69) is 20.4 Å². The fourth-order valence-corrected chi connectivity index (χ4v) is 4.78. The van der Waals surface area contributed by atoms with Crippen molar-refractivity contribution in [2.24, 2.45) is 34.8 Å². The minimum Gasteiger partial charge on any atom is -0.330 e. The maximum Gasteiger partial charge on any atom is 0.0343 e. The van der Waals surface area contributed by atoms with Gasteiger partial charge >= 0.3 is 0 Å². The lowest BCUT2D eigenvalue weighted by molar-refractivity contribution is -0.0289. The molecular weight excluding hydrogens is 232 g/mol. The molecule has 0 amide bonds. The molecule has 2 nitrogen and oxygen atoms in total. The van der Waals surface area contributed by atoms with Gasteiger partial charge in [0, 0.05) is 5.71 Å². The molecule has 2 rings (SSSR count). The van der Waals surface area contributed by atoms with Gasteiger partial charge in [0.1, 0.15) is 0 Å². The van der Waals surface area contributed by atoms with E-state index in [1.807, 2.05) is 6.92 Å². The second-order valence-electron chi connectivity index (χ2n) is 7.38. The van der Waals surface area contributed by atoms with Gasteiger partial charge in [-0.1, -0.05) is 20.4 Å². The first-order valence-corrected chi connectivity index (χ1v) is 7.82. The maximum atomic E-state index is 8.23. The molecule has 2 bridgehead atoms. The highest BCUT2D eigenvalue weighted by Gasteiger charge is 2.50. The highest BCUT2D eigenvalue weighted by molar-refractivity contribution is 5.97. The Morgan fingerprint density at radius 3 is 2.53 bits per heavy atom. The number of hydrogen-bond donors (Lipinski definition) is 2. The van der Waals surface area contributed by atoms with Crippen molar-refractivity contribution in [3.05, 3.63) is 12.2 Å². The third-order valence-corrected chi connectivity index (χ3v) is 5.92. The van der Waals surface area contributed by atoms with Crippen LogP contribution in [0.2, 0.25) is 0 Å². The number of allylic oxidation sites excluding steroid dienone is 1. The molecule has 5 unspecified atom stereocenters. The highest BCUT2D eigenvalue weighted by Crippen LogP contribution is 2.56. The van der Waals surface area contributed by atoms with Crippen molar-refractivity contribution in [2.75, 3.05) is 6.54 Å². The summed E-state index contributed by atoms with van der Waals surface area (Å²) in [5.74, 6) is 3.10. The minimum atomic E-state index is 0.154. The Morgan fingerprint density at radius 1 is 1.26 bits per heavy atom. The summed E-state index contributed by atoms with van der Waals surface area (Å²) >= 11 is 0. The Hall–Kier alpha value is -0.630. The lowest BCUT2D eigenvalue weighted by atomic mass is 9.51. The molecule has 2 fully saturated rings. The van der Waals surface area contributed by atoms with Crippen molar-refractivity contribution < 1.29 is 0 Å². The van der Waals surface area contributed by atoms with Crippen LogP contribution in [0.3, 0.4) is 0 Å². The van der Waals surface area contributed by atoms with Gasteiger partial charge in [-0.3, -0.25) is 0 Å². The second kappa shape index (κ2) is 5.40. The zero-order valence-corrected chi connectivity index (χ0v) is 12.8. The third kappa shape index (κ3) is 2.65. The van der Waals surface area contributed by atoms with Crippen LogP contribution >= 0.6 is 0 Å².